The van der Waals surface area contributed by atoms with E-state index in [1.165, 1.54) is 211 Å². The van der Waals surface area contributed by atoms with Gasteiger partial charge in [0.1, 0.15) is 0 Å². The molecule has 0 spiro atoms. The minimum atomic E-state index is -1.96. The average molecular weight is 583 g/mol. The van der Waals surface area contributed by atoms with Crippen molar-refractivity contribution < 1.29 is 8.85 Å². The molecule has 0 saturated carbocycles. The van der Waals surface area contributed by atoms with Gasteiger partial charge in [0.05, 0.1) is 0 Å². The second kappa shape index (κ2) is 33.6. The highest BCUT2D eigenvalue weighted by molar-refractivity contribution is 6.67. The zero-order valence-electron chi connectivity index (χ0n) is 28.7. The Bertz CT molecular complexity index is 451. The van der Waals surface area contributed by atoms with E-state index in [1.54, 1.807) is 0 Å². The molecule has 0 unspecified atom stereocenters. The quantitative estimate of drug-likeness (QED) is 0.0546. The molecule has 242 valence electrons. The van der Waals surface area contributed by atoms with Crippen molar-refractivity contribution >= 4 is 8.56 Å². The Balaban J connectivity index is 3.51. The Labute approximate surface area is 256 Å². The van der Waals surface area contributed by atoms with Gasteiger partial charge in [-0.05, 0) is 12.1 Å². The van der Waals surface area contributed by atoms with E-state index in [1.807, 2.05) is 14.2 Å². The van der Waals surface area contributed by atoms with Crippen molar-refractivity contribution in [2.45, 2.75) is 225 Å². The van der Waals surface area contributed by atoms with E-state index in [2.05, 4.69) is 13.8 Å². The van der Waals surface area contributed by atoms with E-state index in [0.29, 0.717) is 0 Å². The summed E-state index contributed by atoms with van der Waals surface area (Å²) in [5.74, 6) is 0. The summed E-state index contributed by atoms with van der Waals surface area (Å²) in [6.07, 6.45) is 44.2. The van der Waals surface area contributed by atoms with E-state index >= 15 is 0 Å². The smallest absolute Gasteiger partial charge is 0.337 e. The molecule has 0 rings (SSSR count). The van der Waals surface area contributed by atoms with Crippen LogP contribution in [0.15, 0.2) is 0 Å². The molecule has 0 fully saturated rings. The molecule has 0 bridgehead atoms. The summed E-state index contributed by atoms with van der Waals surface area (Å²) in [5.41, 5.74) is 0. The van der Waals surface area contributed by atoms with E-state index in [0.717, 1.165) is 0 Å². The van der Waals surface area contributed by atoms with Gasteiger partial charge < -0.3 is 8.85 Å². The second-order valence-electron chi connectivity index (χ2n) is 13.1. The summed E-state index contributed by atoms with van der Waals surface area (Å²) >= 11 is 0. The zero-order chi connectivity index (χ0) is 29.2. The van der Waals surface area contributed by atoms with E-state index in [4.69, 9.17) is 8.85 Å². The van der Waals surface area contributed by atoms with Gasteiger partial charge in [0.25, 0.3) is 0 Å². The van der Waals surface area contributed by atoms with Gasteiger partial charge in [-0.3, -0.25) is 0 Å². The number of hydrogen-bond donors (Lipinski definition) is 0. The van der Waals surface area contributed by atoms with Crippen molar-refractivity contribution in [3.05, 3.63) is 0 Å². The van der Waals surface area contributed by atoms with Gasteiger partial charge in [0.2, 0.25) is 0 Å². The van der Waals surface area contributed by atoms with Gasteiger partial charge in [-0.15, -0.1) is 0 Å². The lowest BCUT2D eigenvalue weighted by atomic mass is 10.0. The largest absolute Gasteiger partial charge is 0.398 e. The van der Waals surface area contributed by atoms with Crippen LogP contribution in [0.3, 0.4) is 0 Å². The molecule has 0 saturated heterocycles. The maximum Gasteiger partial charge on any atom is 0.337 e. The summed E-state index contributed by atoms with van der Waals surface area (Å²) in [5, 5.41) is 0. The van der Waals surface area contributed by atoms with E-state index in [9.17, 15) is 0 Å². The lowest BCUT2D eigenvalue weighted by Crippen LogP contribution is -2.39. The Morgan fingerprint density at radius 1 is 0.275 bits per heavy atom. The summed E-state index contributed by atoms with van der Waals surface area (Å²) in [6, 6.07) is 2.38. The predicted octanol–water partition coefficient (Wildman–Crippen LogP) is 13.9. The monoisotopic (exact) mass is 583 g/mol. The Kier molecular flexibility index (Phi) is 33.8. The first-order valence-electron chi connectivity index (χ1n) is 18.8. The fraction of sp³-hybridized carbons (Fsp3) is 1.00. The predicted molar refractivity (Wildman–Crippen MR) is 184 cm³/mol. The minimum absolute atomic E-state index is 1.19. The van der Waals surface area contributed by atoms with Gasteiger partial charge in [-0.1, -0.05) is 213 Å². The zero-order valence-corrected chi connectivity index (χ0v) is 29.7. The first-order valence-corrected chi connectivity index (χ1v) is 21.1. The molecule has 0 aromatic carbocycles. The lowest BCUT2D eigenvalue weighted by Gasteiger charge is -2.27. The fourth-order valence-electron chi connectivity index (χ4n) is 6.32. The van der Waals surface area contributed by atoms with E-state index < -0.39 is 8.56 Å². The maximum atomic E-state index is 6.05. The lowest BCUT2D eigenvalue weighted by molar-refractivity contribution is 0.238. The highest BCUT2D eigenvalue weighted by Gasteiger charge is 2.33. The molecule has 2 nitrogen and oxygen atoms in total. The number of hydrogen-bond acceptors (Lipinski definition) is 2. The normalized spacial score (nSPS) is 12.0. The Hall–Kier alpha value is 0.137. The SMILES string of the molecule is CCCCCCCCCCCCCCCCCC[Si](CCCCCCCCCCCCCCCCC)(OC)OC. The third kappa shape index (κ3) is 28.3. The van der Waals surface area contributed by atoms with Crippen LogP contribution in [0.1, 0.15) is 213 Å². The average Bonchev–Trinajstić information content (AvgIpc) is 2.98. The van der Waals surface area contributed by atoms with Crippen LogP contribution in [0.2, 0.25) is 12.1 Å². The van der Waals surface area contributed by atoms with Crippen LogP contribution in [0.25, 0.3) is 0 Å². The van der Waals surface area contributed by atoms with Crippen LogP contribution >= 0.6 is 0 Å². The third-order valence-corrected chi connectivity index (χ3v) is 13.0. The van der Waals surface area contributed by atoms with E-state index in [-0.39, 0.29) is 0 Å². The van der Waals surface area contributed by atoms with Crippen molar-refractivity contribution in [3.8, 4) is 0 Å². The molecule has 0 aromatic heterocycles. The topological polar surface area (TPSA) is 18.5 Å². The molecule has 0 N–H and O–H groups in total. The molecule has 0 amide bonds. The molecular weight excluding hydrogens is 504 g/mol. The molecule has 3 heteroatoms. The van der Waals surface area contributed by atoms with Crippen molar-refractivity contribution in [1.82, 2.24) is 0 Å². The standard InChI is InChI=1S/C37H78O2Si/c1-5-7-9-11-13-15-17-19-21-23-25-27-29-31-33-35-37-40(38-3,39-4)36-34-32-30-28-26-24-22-20-18-16-14-12-10-8-6-2/h5-37H2,1-4H3. The second-order valence-corrected chi connectivity index (χ2v) is 16.7. The first-order chi connectivity index (χ1) is 19.7. The summed E-state index contributed by atoms with van der Waals surface area (Å²) in [4.78, 5) is 0. The Morgan fingerprint density at radius 2 is 0.450 bits per heavy atom. The third-order valence-electron chi connectivity index (χ3n) is 9.32. The number of rotatable bonds is 35. The van der Waals surface area contributed by atoms with Gasteiger partial charge in [-0.25, -0.2) is 0 Å². The van der Waals surface area contributed by atoms with Gasteiger partial charge in [-0.2, -0.15) is 0 Å². The molecule has 0 heterocycles. The summed E-state index contributed by atoms with van der Waals surface area (Å²) in [6.45, 7) is 4.61. The molecule has 0 aliphatic heterocycles. The molecule has 0 aliphatic rings. The molecule has 40 heavy (non-hydrogen) atoms. The van der Waals surface area contributed by atoms with Crippen molar-refractivity contribution in [1.29, 1.82) is 0 Å². The molecule has 0 radical (unpaired) electrons. The summed E-state index contributed by atoms with van der Waals surface area (Å²) in [7, 11) is 1.86. The van der Waals surface area contributed by atoms with Crippen LogP contribution in [0.5, 0.6) is 0 Å². The highest BCUT2D eigenvalue weighted by Crippen LogP contribution is 2.25. The van der Waals surface area contributed by atoms with Crippen LogP contribution in [-0.2, 0) is 8.85 Å². The highest BCUT2D eigenvalue weighted by atomic mass is 28.4. The maximum absolute atomic E-state index is 6.05. The molecular formula is C37H78O2Si. The molecule has 0 aliphatic carbocycles. The van der Waals surface area contributed by atoms with Crippen LogP contribution < -0.4 is 0 Å². The van der Waals surface area contributed by atoms with Gasteiger partial charge in [0.15, 0.2) is 0 Å². The van der Waals surface area contributed by atoms with Crippen molar-refractivity contribution in [3.63, 3.8) is 0 Å². The molecule has 0 aromatic rings. The van der Waals surface area contributed by atoms with Crippen molar-refractivity contribution in [2.24, 2.45) is 0 Å². The van der Waals surface area contributed by atoms with Gasteiger partial charge in [0, 0.05) is 14.2 Å². The van der Waals surface area contributed by atoms with Crippen LogP contribution in [0, 0.1) is 0 Å². The minimum Gasteiger partial charge on any atom is -0.398 e. The van der Waals surface area contributed by atoms with Crippen LogP contribution in [-0.4, -0.2) is 22.8 Å². The molecule has 0 atom stereocenters. The van der Waals surface area contributed by atoms with Gasteiger partial charge >= 0.3 is 8.56 Å². The first kappa shape index (κ1) is 40.1. The van der Waals surface area contributed by atoms with Crippen LogP contribution in [0.4, 0.5) is 0 Å². The fourth-order valence-corrected chi connectivity index (χ4v) is 9.14. The Morgan fingerprint density at radius 3 is 0.625 bits per heavy atom. The summed E-state index contributed by atoms with van der Waals surface area (Å²) < 4.78 is 12.1. The number of unbranched alkanes of at least 4 members (excludes halogenated alkanes) is 29. The van der Waals surface area contributed by atoms with Crippen molar-refractivity contribution in [2.75, 3.05) is 14.2 Å².